The molecule has 9 N–H and O–H groups in total. The number of rotatable bonds is 14. The Bertz CT molecular complexity index is 1590. The molecule has 2 aromatic rings. The Hall–Kier alpha value is -4.57. The number of β-lactam (4-membered cyclic amide) rings is 1. The number of thiazole rings is 1. The third-order valence-corrected chi connectivity index (χ3v) is 7.52. The van der Waals surface area contributed by atoms with Crippen LogP contribution >= 0.6 is 11.3 Å². The monoisotopic (exact) mass is 669 g/mol. The topological polar surface area (TPSA) is 282 Å². The average molecular weight is 670 g/mol. The fraction of sp³-hybridized carbons (Fsp3) is 0.417. The molecule has 45 heavy (non-hydrogen) atoms. The van der Waals surface area contributed by atoms with Crippen LogP contribution in [-0.2, 0) is 33.9 Å². The van der Waals surface area contributed by atoms with Gasteiger partial charge in [-0.25, -0.2) is 9.78 Å². The number of nitrogen functional groups attached to an aromatic ring is 1. The maximum absolute atomic E-state index is 13.2. The molecule has 3 atom stereocenters. The lowest BCUT2D eigenvalue weighted by atomic mass is 9.84. The number of nitrogens with two attached hydrogens (primary N) is 2. The summed E-state index contributed by atoms with van der Waals surface area (Å²) in [7, 11) is -5.01. The van der Waals surface area contributed by atoms with Crippen molar-refractivity contribution in [2.45, 2.75) is 37.6 Å². The molecule has 0 bridgehead atoms. The maximum Gasteiger partial charge on any atom is 0.418 e. The highest BCUT2D eigenvalue weighted by Gasteiger charge is 2.58. The number of amides is 2. The van der Waals surface area contributed by atoms with E-state index in [9.17, 15) is 27.9 Å². The van der Waals surface area contributed by atoms with Crippen molar-refractivity contribution in [2.75, 3.05) is 32.0 Å². The molecule has 0 radical (unpaired) electrons. The Kier molecular flexibility index (Phi) is 10.1. The minimum absolute atomic E-state index is 0.0576. The minimum atomic E-state index is -5.01. The largest absolute Gasteiger partial charge is 0.489 e. The smallest absolute Gasteiger partial charge is 0.418 e. The van der Waals surface area contributed by atoms with Crippen molar-refractivity contribution in [1.29, 1.82) is 0 Å². The third kappa shape index (κ3) is 8.13. The van der Waals surface area contributed by atoms with Crippen LogP contribution < -0.4 is 32.2 Å². The van der Waals surface area contributed by atoms with E-state index < -0.39 is 58.2 Å². The van der Waals surface area contributed by atoms with Crippen molar-refractivity contribution in [3.63, 3.8) is 0 Å². The normalized spacial score (nSPS) is 20.0. The summed E-state index contributed by atoms with van der Waals surface area (Å²) in [5, 5.41) is 23.9. The van der Waals surface area contributed by atoms with Gasteiger partial charge >= 0.3 is 16.4 Å². The fourth-order valence-electron chi connectivity index (χ4n) is 4.18. The number of aliphatic imine (C=N–C) groups is 1. The summed E-state index contributed by atoms with van der Waals surface area (Å²) < 4.78 is 40.9. The highest BCUT2D eigenvalue weighted by Crippen LogP contribution is 2.33. The predicted molar refractivity (Wildman–Crippen MR) is 158 cm³/mol. The van der Waals surface area contributed by atoms with E-state index in [2.05, 4.69) is 35.4 Å². The first-order chi connectivity index (χ1) is 21.2. The van der Waals surface area contributed by atoms with E-state index >= 15 is 0 Å². The lowest BCUT2D eigenvalue weighted by Crippen LogP contribution is -2.76. The fourth-order valence-corrected chi connectivity index (χ4v) is 5.18. The van der Waals surface area contributed by atoms with Crippen LogP contribution in [-0.4, -0.2) is 102 Å². The van der Waals surface area contributed by atoms with Crippen LogP contribution in [0.1, 0.15) is 31.1 Å². The quantitative estimate of drug-likeness (QED) is 0.0514. The lowest BCUT2D eigenvalue weighted by Gasteiger charge is -2.50. The highest BCUT2D eigenvalue weighted by molar-refractivity contribution is 7.80. The number of anilines is 1. The molecule has 1 aromatic heterocycles. The number of guanidine groups is 1. The van der Waals surface area contributed by atoms with Crippen LogP contribution in [0.3, 0.4) is 0 Å². The van der Waals surface area contributed by atoms with E-state index in [1.165, 1.54) is 19.2 Å². The second-order valence-corrected chi connectivity index (χ2v) is 12.0. The highest BCUT2D eigenvalue weighted by atomic mass is 32.3. The summed E-state index contributed by atoms with van der Waals surface area (Å²) in [5.74, 6) is -2.48. The molecular weight excluding hydrogens is 638 g/mol. The molecule has 2 amide bonds. The minimum Gasteiger partial charge on any atom is -0.489 e. The number of oxime groups is 1. The summed E-state index contributed by atoms with van der Waals surface area (Å²) in [6.07, 6.45) is -1.68. The van der Waals surface area contributed by atoms with Crippen molar-refractivity contribution >= 4 is 56.3 Å². The van der Waals surface area contributed by atoms with E-state index in [1.54, 1.807) is 24.3 Å². The summed E-state index contributed by atoms with van der Waals surface area (Å²) in [5.41, 5.74) is 10.1. The van der Waals surface area contributed by atoms with Gasteiger partial charge in [0.1, 0.15) is 24.1 Å². The number of ether oxygens (including phenoxy) is 1. The number of hydroxylamine groups is 2. The summed E-state index contributed by atoms with van der Waals surface area (Å²) >= 11 is 0.957. The standard InChI is InChI=1S/C24H31N9O10S2/c1-24(2)18(20(35)33(24)43-45(38,39)40)31-19(34)17(15-11-44-22(26)29-15)32-42-16(21(36)37)10-41-13-5-3-12(4-6-13)14-9-28-23(30-14)27-8-7-25/h3-6,11,14,16,18H,7-10,25H2,1-2H3,(H2,26,29)(H,31,34)(H,36,37)(H2,27,28,30)(H,38,39,40)/b32-17-/t14-,16+,18-/m1/s1. The molecule has 1 aromatic carbocycles. The van der Waals surface area contributed by atoms with Crippen molar-refractivity contribution < 1.29 is 46.3 Å². The van der Waals surface area contributed by atoms with Gasteiger partial charge in [-0.3, -0.25) is 19.1 Å². The molecule has 0 saturated carbocycles. The van der Waals surface area contributed by atoms with Crippen molar-refractivity contribution in [1.82, 2.24) is 26.0 Å². The van der Waals surface area contributed by atoms with Gasteiger partial charge in [-0.05, 0) is 31.5 Å². The van der Waals surface area contributed by atoms with Gasteiger partial charge in [-0.2, -0.15) is 13.5 Å². The Labute approximate surface area is 260 Å². The van der Waals surface area contributed by atoms with E-state index in [1.807, 2.05) is 0 Å². The molecule has 0 spiro atoms. The molecular formula is C24H31N9O10S2. The molecule has 0 unspecified atom stereocenters. The molecule has 1 fully saturated rings. The predicted octanol–water partition coefficient (Wildman–Crippen LogP) is -1.63. The van der Waals surface area contributed by atoms with Crippen LogP contribution in [0, 0.1) is 0 Å². The number of aliphatic carboxylic acids is 1. The molecule has 3 heterocycles. The zero-order chi connectivity index (χ0) is 32.9. The number of carboxylic acid groups (broad SMARTS) is 1. The number of carbonyl (C=O) groups is 3. The molecule has 4 rings (SSSR count). The van der Waals surface area contributed by atoms with Crippen LogP contribution in [0.25, 0.3) is 0 Å². The van der Waals surface area contributed by atoms with E-state index in [-0.39, 0.29) is 16.9 Å². The van der Waals surface area contributed by atoms with Crippen LogP contribution in [0.2, 0.25) is 0 Å². The lowest BCUT2D eigenvalue weighted by molar-refractivity contribution is -0.218. The van der Waals surface area contributed by atoms with Crippen LogP contribution in [0.15, 0.2) is 39.8 Å². The Morgan fingerprint density at radius 2 is 2.02 bits per heavy atom. The van der Waals surface area contributed by atoms with Crippen LogP contribution in [0.4, 0.5) is 5.13 Å². The summed E-state index contributed by atoms with van der Waals surface area (Å²) in [6, 6.07) is 5.50. The Morgan fingerprint density at radius 1 is 1.31 bits per heavy atom. The summed E-state index contributed by atoms with van der Waals surface area (Å²) in [4.78, 5) is 51.1. The Morgan fingerprint density at radius 3 is 2.60 bits per heavy atom. The number of hydrogen-bond donors (Lipinski definition) is 7. The van der Waals surface area contributed by atoms with Crippen molar-refractivity contribution in [3.05, 3.63) is 40.9 Å². The van der Waals surface area contributed by atoms with Gasteiger partial charge in [0.2, 0.25) is 0 Å². The molecule has 19 nitrogen and oxygen atoms in total. The third-order valence-electron chi connectivity index (χ3n) is 6.51. The van der Waals surface area contributed by atoms with Crippen molar-refractivity contribution in [3.8, 4) is 5.75 Å². The van der Waals surface area contributed by atoms with E-state index in [0.717, 1.165) is 16.9 Å². The van der Waals surface area contributed by atoms with Gasteiger partial charge in [-0.1, -0.05) is 17.3 Å². The number of carboxylic acids is 1. The number of benzene rings is 1. The number of carbonyl (C=O) groups excluding carboxylic acids is 2. The molecule has 2 aliphatic rings. The van der Waals surface area contributed by atoms with Crippen molar-refractivity contribution in [2.24, 2.45) is 15.9 Å². The number of hydrogen-bond acceptors (Lipinski definition) is 16. The van der Waals surface area contributed by atoms with E-state index in [0.29, 0.717) is 36.4 Å². The van der Waals surface area contributed by atoms with Gasteiger partial charge < -0.3 is 42.1 Å². The average Bonchev–Trinajstić information content (AvgIpc) is 3.64. The molecule has 244 valence electrons. The van der Waals surface area contributed by atoms with Gasteiger partial charge in [0.25, 0.3) is 17.9 Å². The zero-order valence-corrected chi connectivity index (χ0v) is 25.5. The first kappa shape index (κ1) is 33.3. The summed E-state index contributed by atoms with van der Waals surface area (Å²) in [6.45, 7) is 3.79. The maximum atomic E-state index is 13.2. The zero-order valence-electron chi connectivity index (χ0n) is 23.9. The first-order valence-electron chi connectivity index (χ1n) is 13.2. The number of nitrogens with one attached hydrogen (secondary N) is 3. The SMILES string of the molecule is CC1(C)[C@H](NC(=O)/C(=N\O[C@@H](COc2ccc([C@H]3CN=C(NCCN)N3)cc2)C(=O)O)c2csc(N)n2)C(=O)N1OS(=O)(=O)O. The molecule has 0 aliphatic carbocycles. The molecule has 1 saturated heterocycles. The first-order valence-corrected chi connectivity index (χ1v) is 15.4. The van der Waals surface area contributed by atoms with Gasteiger partial charge in [0, 0.05) is 18.5 Å². The molecule has 2 aliphatic heterocycles. The van der Waals surface area contributed by atoms with Gasteiger partial charge in [0.05, 0.1) is 18.1 Å². The second kappa shape index (κ2) is 13.6. The van der Waals surface area contributed by atoms with Crippen LogP contribution in [0.5, 0.6) is 5.75 Å². The Balaban J connectivity index is 1.41. The van der Waals surface area contributed by atoms with E-state index in [4.69, 9.17) is 25.6 Å². The van der Waals surface area contributed by atoms with Gasteiger partial charge in [0.15, 0.2) is 16.8 Å². The van der Waals surface area contributed by atoms with Gasteiger partial charge in [-0.15, -0.1) is 15.6 Å². The number of nitrogens with zero attached hydrogens (tertiary/aromatic N) is 4. The molecule has 21 heteroatoms. The number of aromatic nitrogens is 1. The second-order valence-electron chi connectivity index (χ2n) is 10.1.